The van der Waals surface area contributed by atoms with Crippen LogP contribution in [-0.2, 0) is 4.74 Å². The quantitative estimate of drug-likeness (QED) is 0.622. The average Bonchev–Trinajstić information content (AvgIpc) is 2.27. The van der Waals surface area contributed by atoms with Gasteiger partial charge in [0.2, 0.25) is 6.10 Å². The van der Waals surface area contributed by atoms with Crippen LogP contribution < -0.4 is 0 Å². The summed E-state index contributed by atoms with van der Waals surface area (Å²) in [7, 11) is 0. The van der Waals surface area contributed by atoms with Crippen molar-refractivity contribution in [2.45, 2.75) is 47.9 Å². The molecule has 0 saturated carbocycles. The summed E-state index contributed by atoms with van der Waals surface area (Å²) in [6.45, 7) is 0. The number of rotatable bonds is 0. The van der Waals surface area contributed by atoms with Crippen LogP contribution >= 0.6 is 0 Å². The molecular weight excluding hydrogens is 391 g/mol. The molecule has 2 N–H and O–H groups in total. The number of halogens is 13. The number of hydrogen-bond acceptors (Lipinski definition) is 3. The zero-order valence-electron chi connectivity index (χ0n) is 10.3. The van der Waals surface area contributed by atoms with E-state index in [-0.39, 0.29) is 0 Å². The third-order valence-corrected chi connectivity index (χ3v) is 3.07. The lowest BCUT2D eigenvalue weighted by Crippen LogP contribution is -2.86. The van der Waals surface area contributed by atoms with Gasteiger partial charge in [0.05, 0.1) is 0 Å². The van der Waals surface area contributed by atoms with Crippen molar-refractivity contribution in [3.63, 3.8) is 0 Å². The zero-order valence-corrected chi connectivity index (χ0v) is 10.3. The van der Waals surface area contributed by atoms with E-state index in [1.54, 1.807) is 0 Å². The third-order valence-electron chi connectivity index (χ3n) is 3.07. The lowest BCUT2D eigenvalue weighted by Gasteiger charge is -2.54. The van der Waals surface area contributed by atoms with E-state index < -0.39 is 47.9 Å². The molecular formula is C8H3F13O3. The molecule has 0 aromatic heterocycles. The molecule has 24 heavy (non-hydrogen) atoms. The summed E-state index contributed by atoms with van der Waals surface area (Å²) < 4.78 is 168. The van der Waals surface area contributed by atoms with Crippen molar-refractivity contribution in [3.8, 4) is 0 Å². The minimum atomic E-state index is -7.44. The molecule has 16 heteroatoms. The average molecular weight is 394 g/mol. The Labute approximate surface area is 121 Å². The highest BCUT2D eigenvalue weighted by molar-refractivity contribution is 5.21. The number of ether oxygens (including phenoxy) is 1. The van der Waals surface area contributed by atoms with Crippen LogP contribution in [0.15, 0.2) is 0 Å². The topological polar surface area (TPSA) is 49.7 Å². The van der Waals surface area contributed by atoms with Gasteiger partial charge >= 0.3 is 36.2 Å². The van der Waals surface area contributed by atoms with Gasteiger partial charge < -0.3 is 14.9 Å². The van der Waals surface area contributed by atoms with E-state index in [1.807, 2.05) is 0 Å². The van der Waals surface area contributed by atoms with Crippen LogP contribution in [0.5, 0.6) is 0 Å². The van der Waals surface area contributed by atoms with Gasteiger partial charge in [0, 0.05) is 0 Å². The SMILES string of the molecule is OC1(C(F)(F)F)OC(C(F)(F)F)C(F)(F)C(O)(C(F)(F)F)C1(F)F. The van der Waals surface area contributed by atoms with Gasteiger partial charge in [-0.05, 0) is 0 Å². The van der Waals surface area contributed by atoms with Gasteiger partial charge in [-0.3, -0.25) is 0 Å². The molecule has 0 bridgehead atoms. The van der Waals surface area contributed by atoms with E-state index in [4.69, 9.17) is 10.2 Å². The van der Waals surface area contributed by atoms with Crippen LogP contribution in [0.3, 0.4) is 0 Å². The van der Waals surface area contributed by atoms with Gasteiger partial charge in [-0.25, -0.2) is 0 Å². The molecule has 3 nitrogen and oxygen atoms in total. The minimum Gasteiger partial charge on any atom is -0.371 e. The smallest absolute Gasteiger partial charge is 0.371 e. The zero-order chi connectivity index (χ0) is 19.8. The van der Waals surface area contributed by atoms with Gasteiger partial charge in [-0.1, -0.05) is 0 Å². The van der Waals surface area contributed by atoms with Crippen LogP contribution in [0.1, 0.15) is 0 Å². The summed E-state index contributed by atoms with van der Waals surface area (Å²) in [5.41, 5.74) is -7.25. The van der Waals surface area contributed by atoms with Crippen molar-refractivity contribution in [2.75, 3.05) is 0 Å². The first-order valence-corrected chi connectivity index (χ1v) is 5.17. The standard InChI is InChI=1S/C8H3F13O3/c9-2(10)1(3(11,12)13)24-6(23,8(19,20)21)5(14,15)4(2,22)7(16,17)18/h1,22-23H. The molecule has 3 unspecified atom stereocenters. The van der Waals surface area contributed by atoms with E-state index in [0.717, 1.165) is 0 Å². The van der Waals surface area contributed by atoms with Gasteiger partial charge in [0.1, 0.15) is 0 Å². The largest absolute Gasteiger partial charge is 0.449 e. The molecule has 1 aliphatic heterocycles. The van der Waals surface area contributed by atoms with Crippen molar-refractivity contribution in [1.82, 2.24) is 0 Å². The van der Waals surface area contributed by atoms with Crippen LogP contribution in [0.25, 0.3) is 0 Å². The molecule has 0 radical (unpaired) electrons. The second-order valence-electron chi connectivity index (χ2n) is 4.59. The molecule has 0 aromatic rings. The Bertz CT molecular complexity index is 505. The van der Waals surface area contributed by atoms with Crippen LogP contribution in [0.4, 0.5) is 57.1 Å². The van der Waals surface area contributed by atoms with Crippen LogP contribution in [0, 0.1) is 0 Å². The van der Waals surface area contributed by atoms with Gasteiger partial charge in [-0.2, -0.15) is 57.1 Å². The van der Waals surface area contributed by atoms with E-state index in [0.29, 0.717) is 0 Å². The predicted octanol–water partition coefficient (Wildman–Crippen LogP) is 2.76. The number of aliphatic hydroxyl groups is 2. The molecule has 0 aliphatic carbocycles. The molecule has 0 amide bonds. The van der Waals surface area contributed by atoms with E-state index in [9.17, 15) is 57.1 Å². The first-order chi connectivity index (χ1) is 10.1. The molecule has 3 atom stereocenters. The first-order valence-electron chi connectivity index (χ1n) is 5.17. The molecule has 1 rings (SSSR count). The summed E-state index contributed by atoms with van der Waals surface area (Å²) in [5, 5.41) is 17.2. The lowest BCUT2D eigenvalue weighted by atomic mass is 9.76. The molecule has 1 aliphatic rings. The highest BCUT2D eigenvalue weighted by Gasteiger charge is 2.97. The summed E-state index contributed by atoms with van der Waals surface area (Å²) >= 11 is 0. The Morgan fingerprint density at radius 2 is 1.08 bits per heavy atom. The van der Waals surface area contributed by atoms with Crippen molar-refractivity contribution in [2.24, 2.45) is 0 Å². The molecule has 1 heterocycles. The van der Waals surface area contributed by atoms with Crippen molar-refractivity contribution in [1.29, 1.82) is 0 Å². The van der Waals surface area contributed by atoms with E-state index in [2.05, 4.69) is 4.74 Å². The maximum absolute atomic E-state index is 13.4. The van der Waals surface area contributed by atoms with Crippen LogP contribution in [-0.4, -0.2) is 58.1 Å². The Balaban J connectivity index is 3.90. The Morgan fingerprint density at radius 1 is 0.708 bits per heavy atom. The molecule has 0 aromatic carbocycles. The van der Waals surface area contributed by atoms with E-state index in [1.165, 1.54) is 0 Å². The molecule has 1 fully saturated rings. The molecule has 1 saturated heterocycles. The first kappa shape index (κ1) is 21.0. The van der Waals surface area contributed by atoms with Crippen molar-refractivity contribution < 1.29 is 72.0 Å². The normalized spacial score (nSPS) is 37.4. The number of hydrogen-bond donors (Lipinski definition) is 2. The highest BCUT2D eigenvalue weighted by atomic mass is 19.4. The second kappa shape index (κ2) is 4.78. The van der Waals surface area contributed by atoms with Crippen LogP contribution in [0.2, 0.25) is 0 Å². The molecule has 0 spiro atoms. The summed E-state index contributed by atoms with van der Waals surface area (Å²) in [6, 6.07) is 0. The minimum absolute atomic E-state index is 2.27. The third kappa shape index (κ3) is 2.25. The van der Waals surface area contributed by atoms with E-state index >= 15 is 0 Å². The molecule has 144 valence electrons. The summed E-state index contributed by atoms with van der Waals surface area (Å²) in [6.07, 6.45) is -26.9. The van der Waals surface area contributed by atoms with Crippen molar-refractivity contribution >= 4 is 0 Å². The van der Waals surface area contributed by atoms with Crippen molar-refractivity contribution in [3.05, 3.63) is 0 Å². The fourth-order valence-electron chi connectivity index (χ4n) is 1.85. The Hall–Kier alpha value is -1.03. The van der Waals surface area contributed by atoms with Gasteiger partial charge in [-0.15, -0.1) is 0 Å². The van der Waals surface area contributed by atoms with Gasteiger partial charge in [0.25, 0.3) is 5.60 Å². The monoisotopic (exact) mass is 394 g/mol. The maximum Gasteiger partial charge on any atom is 0.449 e. The fourth-order valence-corrected chi connectivity index (χ4v) is 1.85. The summed E-state index contributed by atoms with van der Waals surface area (Å²) in [4.78, 5) is 0. The lowest BCUT2D eigenvalue weighted by molar-refractivity contribution is -0.557. The Kier molecular flexibility index (Phi) is 4.18. The maximum atomic E-state index is 13.4. The highest BCUT2D eigenvalue weighted by Crippen LogP contribution is 2.64. The number of alkyl halides is 13. The van der Waals surface area contributed by atoms with Gasteiger partial charge in [0.15, 0.2) is 0 Å². The summed E-state index contributed by atoms with van der Waals surface area (Å²) in [5.74, 6) is -21.1. The fraction of sp³-hybridized carbons (Fsp3) is 1.00. The Morgan fingerprint density at radius 3 is 1.33 bits per heavy atom. The predicted molar refractivity (Wildman–Crippen MR) is 42.8 cm³/mol. The second-order valence-corrected chi connectivity index (χ2v) is 4.59.